The Balaban J connectivity index is 2.55. The first-order chi connectivity index (χ1) is 12.2. The quantitative estimate of drug-likeness (QED) is 0.483. The molecule has 0 aliphatic rings. The smallest absolute Gasteiger partial charge is 0.145 e. The molecule has 1 aromatic carbocycles. The molecular weight excluding hydrogens is 338 g/mol. The molecule has 0 aromatic heterocycles. The molecule has 0 radical (unpaired) electrons. The lowest BCUT2D eigenvalue weighted by Crippen LogP contribution is -2.43. The number of benzene rings is 1. The van der Waals surface area contributed by atoms with E-state index >= 15 is 0 Å². The summed E-state index contributed by atoms with van der Waals surface area (Å²) in [5, 5.41) is 13.6. The molecule has 0 spiro atoms. The van der Waals surface area contributed by atoms with Crippen molar-refractivity contribution >= 4 is 8.07 Å². The van der Waals surface area contributed by atoms with Crippen molar-refractivity contribution in [3.8, 4) is 17.2 Å². The average Bonchev–Trinajstić information content (AvgIpc) is 2.58. The Morgan fingerprint density at radius 3 is 2.00 bits per heavy atom. The van der Waals surface area contributed by atoms with E-state index in [4.69, 9.17) is 4.74 Å². The van der Waals surface area contributed by atoms with E-state index in [0.717, 1.165) is 12.3 Å². The fraction of sp³-hybridized carbons (Fsp3) is 0.636. The maximum absolute atomic E-state index is 10.3. The Kier molecular flexibility index (Phi) is 9.42. The van der Waals surface area contributed by atoms with Crippen molar-refractivity contribution in [1.29, 1.82) is 0 Å². The van der Waals surface area contributed by atoms with Crippen molar-refractivity contribution in [2.75, 3.05) is 13.7 Å². The number of aliphatic hydroxyl groups is 1. The molecule has 0 fully saturated rings. The predicted molar refractivity (Wildman–Crippen MR) is 114 cm³/mol. The van der Waals surface area contributed by atoms with Gasteiger partial charge in [-0.05, 0) is 34.3 Å². The second-order valence-electron chi connectivity index (χ2n) is 8.04. The maximum atomic E-state index is 10.3. The molecule has 0 heterocycles. The second kappa shape index (κ2) is 10.8. The van der Waals surface area contributed by atoms with Gasteiger partial charge in [-0.25, -0.2) is 0 Å². The van der Waals surface area contributed by atoms with E-state index in [9.17, 15) is 5.11 Å². The first-order valence-corrected chi connectivity index (χ1v) is 12.0. The molecule has 0 saturated heterocycles. The van der Waals surface area contributed by atoms with Gasteiger partial charge in [0.15, 0.2) is 0 Å². The standard InChI is InChI=1S/C22H37NO2Si/c1-17(2)26(18(3)4,19(5)6)14-8-9-21(24)16-23-15-20-10-12-22(25-7)13-11-20/h10-13,17-19,21,23-24H,9,15-16H2,1-7H3/t21-/m0/s1. The van der Waals surface area contributed by atoms with E-state index in [-0.39, 0.29) is 0 Å². The van der Waals surface area contributed by atoms with Crippen molar-refractivity contribution in [1.82, 2.24) is 5.32 Å². The summed E-state index contributed by atoms with van der Waals surface area (Å²) in [4.78, 5) is 0. The molecule has 1 aromatic rings. The van der Waals surface area contributed by atoms with Gasteiger partial charge in [-0.1, -0.05) is 53.7 Å². The fourth-order valence-corrected chi connectivity index (χ4v) is 9.23. The van der Waals surface area contributed by atoms with Crippen LogP contribution in [0.15, 0.2) is 24.3 Å². The Labute approximate surface area is 161 Å². The molecule has 4 heteroatoms. The minimum atomic E-state index is -1.69. The summed E-state index contributed by atoms with van der Waals surface area (Å²) in [6, 6.07) is 7.97. The molecule has 0 aliphatic carbocycles. The SMILES string of the molecule is COc1ccc(CNC[C@@H](O)CC#C[Si](C(C)C)(C(C)C)C(C)C)cc1. The number of hydrogen-bond acceptors (Lipinski definition) is 3. The van der Waals surface area contributed by atoms with Gasteiger partial charge in [0.2, 0.25) is 0 Å². The molecule has 146 valence electrons. The Morgan fingerprint density at radius 2 is 1.54 bits per heavy atom. The van der Waals surface area contributed by atoms with Gasteiger partial charge in [0, 0.05) is 19.5 Å². The minimum absolute atomic E-state index is 0.432. The largest absolute Gasteiger partial charge is 0.497 e. The average molecular weight is 376 g/mol. The number of nitrogens with one attached hydrogen (secondary N) is 1. The van der Waals surface area contributed by atoms with E-state index in [1.54, 1.807) is 7.11 Å². The van der Waals surface area contributed by atoms with Crippen LogP contribution in [0, 0.1) is 11.5 Å². The molecule has 3 nitrogen and oxygen atoms in total. The number of methoxy groups -OCH3 is 1. The van der Waals surface area contributed by atoms with Gasteiger partial charge >= 0.3 is 0 Å². The van der Waals surface area contributed by atoms with Crippen LogP contribution in [0.3, 0.4) is 0 Å². The normalized spacial score (nSPS) is 13.0. The van der Waals surface area contributed by atoms with Crippen LogP contribution in [-0.2, 0) is 6.54 Å². The van der Waals surface area contributed by atoms with Gasteiger partial charge in [0.25, 0.3) is 0 Å². The Hall–Kier alpha value is -1.28. The minimum Gasteiger partial charge on any atom is -0.497 e. The van der Waals surface area contributed by atoms with E-state index in [2.05, 4.69) is 58.3 Å². The van der Waals surface area contributed by atoms with Crippen LogP contribution in [0.5, 0.6) is 5.75 Å². The molecule has 1 atom stereocenters. The molecule has 0 saturated carbocycles. The molecular formula is C22H37NO2Si. The number of rotatable bonds is 9. The molecule has 0 aliphatic heterocycles. The molecule has 1 rings (SSSR count). The zero-order chi connectivity index (χ0) is 19.7. The van der Waals surface area contributed by atoms with Crippen molar-refractivity contribution in [2.45, 2.75) is 77.2 Å². The van der Waals surface area contributed by atoms with E-state index in [1.165, 1.54) is 5.56 Å². The molecule has 0 unspecified atom stereocenters. The number of aliphatic hydroxyl groups excluding tert-OH is 1. The van der Waals surface area contributed by atoms with Crippen LogP contribution >= 0.6 is 0 Å². The summed E-state index contributed by atoms with van der Waals surface area (Å²) in [6.07, 6.45) is 0.107. The highest BCUT2D eigenvalue weighted by molar-refractivity contribution is 6.90. The lowest BCUT2D eigenvalue weighted by molar-refractivity contribution is 0.176. The summed E-state index contributed by atoms with van der Waals surface area (Å²) < 4.78 is 5.16. The topological polar surface area (TPSA) is 41.5 Å². The predicted octanol–water partition coefficient (Wildman–Crippen LogP) is 4.76. The van der Waals surface area contributed by atoms with Crippen molar-refractivity contribution in [3.05, 3.63) is 29.8 Å². The van der Waals surface area contributed by atoms with Crippen molar-refractivity contribution in [3.63, 3.8) is 0 Å². The highest BCUT2D eigenvalue weighted by Gasteiger charge is 2.41. The van der Waals surface area contributed by atoms with E-state index < -0.39 is 14.2 Å². The molecule has 0 amide bonds. The zero-order valence-electron chi connectivity index (χ0n) is 17.6. The molecule has 26 heavy (non-hydrogen) atoms. The third-order valence-electron chi connectivity index (χ3n) is 5.38. The summed E-state index contributed by atoms with van der Waals surface area (Å²) >= 11 is 0. The van der Waals surface area contributed by atoms with Crippen LogP contribution in [-0.4, -0.2) is 32.9 Å². The van der Waals surface area contributed by atoms with Gasteiger partial charge in [0.05, 0.1) is 13.2 Å². The molecule has 0 bridgehead atoms. The van der Waals surface area contributed by atoms with Crippen molar-refractivity contribution in [2.24, 2.45) is 0 Å². The van der Waals surface area contributed by atoms with Crippen LogP contribution in [0.25, 0.3) is 0 Å². The van der Waals surface area contributed by atoms with E-state index in [0.29, 0.717) is 29.6 Å². The number of ether oxygens (including phenoxy) is 1. The van der Waals surface area contributed by atoms with Crippen LogP contribution < -0.4 is 10.1 Å². The summed E-state index contributed by atoms with van der Waals surface area (Å²) in [5.74, 6) is 4.20. The van der Waals surface area contributed by atoms with Gasteiger partial charge in [-0.15, -0.1) is 11.5 Å². The Bertz CT molecular complexity index is 563. The summed E-state index contributed by atoms with van der Waals surface area (Å²) in [6.45, 7) is 15.2. The van der Waals surface area contributed by atoms with Gasteiger partial charge in [-0.2, -0.15) is 0 Å². The van der Waals surface area contributed by atoms with Crippen molar-refractivity contribution < 1.29 is 9.84 Å². The van der Waals surface area contributed by atoms with Gasteiger partial charge in [0.1, 0.15) is 13.8 Å². The summed E-state index contributed by atoms with van der Waals surface area (Å²) in [5.41, 5.74) is 6.72. The second-order valence-corrected chi connectivity index (χ2v) is 13.6. The van der Waals surface area contributed by atoms with Gasteiger partial charge < -0.3 is 15.2 Å². The first-order valence-electron chi connectivity index (χ1n) is 9.75. The van der Waals surface area contributed by atoms with Crippen LogP contribution in [0.2, 0.25) is 16.6 Å². The highest BCUT2D eigenvalue weighted by atomic mass is 28.3. The van der Waals surface area contributed by atoms with E-state index in [1.807, 2.05) is 24.3 Å². The van der Waals surface area contributed by atoms with Gasteiger partial charge in [-0.3, -0.25) is 0 Å². The van der Waals surface area contributed by atoms with Crippen LogP contribution in [0.1, 0.15) is 53.5 Å². The van der Waals surface area contributed by atoms with Crippen LogP contribution in [0.4, 0.5) is 0 Å². The lowest BCUT2D eigenvalue weighted by atomic mass is 10.2. The summed E-state index contributed by atoms with van der Waals surface area (Å²) in [7, 11) is -0.0252. The third kappa shape index (κ3) is 6.16. The lowest BCUT2D eigenvalue weighted by Gasteiger charge is -2.38. The fourth-order valence-electron chi connectivity index (χ4n) is 3.95. The maximum Gasteiger partial charge on any atom is 0.145 e. The Morgan fingerprint density at radius 1 is 1.00 bits per heavy atom. The monoisotopic (exact) mass is 375 g/mol. The zero-order valence-corrected chi connectivity index (χ0v) is 18.6. The first kappa shape index (κ1) is 22.8. The number of hydrogen-bond donors (Lipinski definition) is 2. The molecule has 2 N–H and O–H groups in total. The highest BCUT2D eigenvalue weighted by Crippen LogP contribution is 2.40. The third-order valence-corrected chi connectivity index (χ3v) is 11.7.